The van der Waals surface area contributed by atoms with E-state index >= 15 is 0 Å². The lowest BCUT2D eigenvalue weighted by atomic mass is 10.0. The van der Waals surface area contributed by atoms with Crippen molar-refractivity contribution in [2.75, 3.05) is 5.73 Å². The molecule has 1 saturated carbocycles. The van der Waals surface area contributed by atoms with Crippen molar-refractivity contribution in [1.29, 1.82) is 0 Å². The van der Waals surface area contributed by atoms with E-state index in [0.29, 0.717) is 11.8 Å². The molecule has 1 aliphatic rings. The molecule has 0 aromatic carbocycles. The first-order valence-electron chi connectivity index (χ1n) is 6.65. The average Bonchev–Trinajstić information content (AvgIpc) is 3.08. The zero-order chi connectivity index (χ0) is 12.4. The fourth-order valence-electron chi connectivity index (χ4n) is 2.41. The van der Waals surface area contributed by atoms with Crippen LogP contribution in [0.4, 0.5) is 5.82 Å². The van der Waals surface area contributed by atoms with Crippen LogP contribution < -0.4 is 5.73 Å². The molecule has 1 aliphatic carbocycles. The van der Waals surface area contributed by atoms with Crippen LogP contribution in [0.3, 0.4) is 0 Å². The van der Waals surface area contributed by atoms with Crippen LogP contribution in [-0.2, 0) is 6.54 Å². The second-order valence-electron chi connectivity index (χ2n) is 5.10. The Kier molecular flexibility index (Phi) is 3.55. The second kappa shape index (κ2) is 4.94. The molecular formula is C14H23N3. The lowest BCUT2D eigenvalue weighted by Gasteiger charge is -2.09. The van der Waals surface area contributed by atoms with Gasteiger partial charge in [-0.2, -0.15) is 0 Å². The van der Waals surface area contributed by atoms with Crippen LogP contribution in [0.25, 0.3) is 0 Å². The third kappa shape index (κ3) is 2.38. The van der Waals surface area contributed by atoms with E-state index < -0.39 is 0 Å². The maximum Gasteiger partial charge on any atom is 0.127 e. The molecule has 3 heteroatoms. The minimum Gasteiger partial charge on any atom is -0.384 e. The van der Waals surface area contributed by atoms with Crippen LogP contribution in [-0.4, -0.2) is 9.55 Å². The molecule has 94 valence electrons. The molecule has 0 amide bonds. The Bertz CT molecular complexity index is 402. The number of anilines is 1. The fraction of sp³-hybridized carbons (Fsp3) is 0.643. The topological polar surface area (TPSA) is 43.8 Å². The number of allylic oxidation sites excluding steroid dienone is 1. The van der Waals surface area contributed by atoms with Crippen LogP contribution >= 0.6 is 0 Å². The Morgan fingerprint density at radius 3 is 2.82 bits per heavy atom. The number of aromatic nitrogens is 2. The maximum absolute atomic E-state index is 6.24. The second-order valence-corrected chi connectivity index (χ2v) is 5.10. The summed E-state index contributed by atoms with van der Waals surface area (Å²) in [5, 5.41) is 0. The van der Waals surface area contributed by atoms with Gasteiger partial charge < -0.3 is 10.3 Å². The number of nitrogens with two attached hydrogens (primary N) is 1. The molecule has 2 N–H and O–H groups in total. The highest BCUT2D eigenvalue weighted by Gasteiger charge is 2.31. The molecule has 1 fully saturated rings. The zero-order valence-electron chi connectivity index (χ0n) is 10.9. The van der Waals surface area contributed by atoms with Gasteiger partial charge in [0.1, 0.15) is 11.6 Å². The van der Waals surface area contributed by atoms with E-state index in [4.69, 9.17) is 10.7 Å². The fourth-order valence-corrected chi connectivity index (χ4v) is 2.41. The van der Waals surface area contributed by atoms with Gasteiger partial charge in [0.05, 0.1) is 5.69 Å². The van der Waals surface area contributed by atoms with E-state index in [2.05, 4.69) is 25.0 Å². The summed E-state index contributed by atoms with van der Waals surface area (Å²) in [5.41, 5.74) is 7.33. The highest BCUT2D eigenvalue weighted by Crippen LogP contribution is 2.41. The van der Waals surface area contributed by atoms with Crippen LogP contribution in [0.15, 0.2) is 12.7 Å². The molecule has 0 aliphatic heterocycles. The first-order chi connectivity index (χ1) is 8.19. The predicted molar refractivity (Wildman–Crippen MR) is 72.1 cm³/mol. The molecule has 0 bridgehead atoms. The first kappa shape index (κ1) is 12.2. The van der Waals surface area contributed by atoms with Crippen LogP contribution in [0.5, 0.6) is 0 Å². The summed E-state index contributed by atoms with van der Waals surface area (Å²) in [6, 6.07) is 0. The maximum atomic E-state index is 6.24. The Morgan fingerprint density at radius 2 is 2.29 bits per heavy atom. The minimum atomic E-state index is 0.462. The summed E-state index contributed by atoms with van der Waals surface area (Å²) < 4.78 is 2.14. The normalized spacial score (nSPS) is 17.1. The Morgan fingerprint density at radius 1 is 1.59 bits per heavy atom. The molecule has 0 spiro atoms. The Labute approximate surface area is 104 Å². The number of hydrogen-bond acceptors (Lipinski definition) is 2. The van der Waals surface area contributed by atoms with Crippen LogP contribution in [0, 0.1) is 0 Å². The highest BCUT2D eigenvalue weighted by molar-refractivity contribution is 5.42. The van der Waals surface area contributed by atoms with Crippen molar-refractivity contribution in [3.05, 3.63) is 24.2 Å². The van der Waals surface area contributed by atoms with Gasteiger partial charge in [-0.25, -0.2) is 4.98 Å². The SMILES string of the molecule is C=CCn1c(C2CC2)nc(C(C)CCC)c1N. The van der Waals surface area contributed by atoms with E-state index in [9.17, 15) is 0 Å². The van der Waals surface area contributed by atoms with E-state index in [1.807, 2.05) is 6.08 Å². The molecule has 1 aromatic heterocycles. The number of nitrogens with zero attached hydrogens (tertiary/aromatic N) is 2. The van der Waals surface area contributed by atoms with Gasteiger partial charge in [-0.3, -0.25) is 0 Å². The minimum absolute atomic E-state index is 0.462. The molecule has 0 saturated heterocycles. The number of imidazole rings is 1. The van der Waals surface area contributed by atoms with Crippen LogP contribution in [0.1, 0.15) is 62.9 Å². The quantitative estimate of drug-likeness (QED) is 0.765. The summed E-state index contributed by atoms with van der Waals surface area (Å²) in [6.45, 7) is 9.01. The first-order valence-corrected chi connectivity index (χ1v) is 6.65. The van der Waals surface area contributed by atoms with Crippen LogP contribution in [0.2, 0.25) is 0 Å². The van der Waals surface area contributed by atoms with E-state index in [0.717, 1.165) is 24.5 Å². The number of rotatable bonds is 6. The van der Waals surface area contributed by atoms with Gasteiger partial charge in [-0.15, -0.1) is 6.58 Å². The molecule has 2 rings (SSSR count). The third-order valence-electron chi connectivity index (χ3n) is 3.51. The zero-order valence-corrected chi connectivity index (χ0v) is 10.9. The van der Waals surface area contributed by atoms with E-state index in [1.54, 1.807) is 0 Å². The van der Waals surface area contributed by atoms with Crippen molar-refractivity contribution >= 4 is 5.82 Å². The molecule has 1 aromatic rings. The van der Waals surface area contributed by atoms with Gasteiger partial charge in [0, 0.05) is 18.4 Å². The lowest BCUT2D eigenvalue weighted by Crippen LogP contribution is -2.06. The average molecular weight is 233 g/mol. The van der Waals surface area contributed by atoms with Gasteiger partial charge in [0.25, 0.3) is 0 Å². The predicted octanol–water partition coefficient (Wildman–Crippen LogP) is 3.43. The monoisotopic (exact) mass is 233 g/mol. The largest absolute Gasteiger partial charge is 0.384 e. The van der Waals surface area contributed by atoms with Gasteiger partial charge in [-0.05, 0) is 19.3 Å². The molecule has 1 heterocycles. The van der Waals surface area contributed by atoms with Crippen molar-refractivity contribution in [2.45, 2.75) is 57.9 Å². The molecular weight excluding hydrogens is 210 g/mol. The molecule has 1 atom stereocenters. The number of nitrogen functional groups attached to an aromatic ring is 1. The van der Waals surface area contributed by atoms with E-state index in [1.165, 1.54) is 25.1 Å². The van der Waals surface area contributed by atoms with Gasteiger partial charge in [0.2, 0.25) is 0 Å². The standard InChI is InChI=1S/C14H23N3/c1-4-6-10(3)12-13(15)17(9-5-2)14(16-12)11-7-8-11/h5,10-11H,2,4,6-9,15H2,1,3H3. The van der Waals surface area contributed by atoms with E-state index in [-0.39, 0.29) is 0 Å². The van der Waals surface area contributed by atoms with Crippen molar-refractivity contribution in [2.24, 2.45) is 0 Å². The number of hydrogen-bond donors (Lipinski definition) is 1. The van der Waals surface area contributed by atoms with Crippen molar-refractivity contribution < 1.29 is 0 Å². The highest BCUT2D eigenvalue weighted by atomic mass is 15.1. The molecule has 1 unspecified atom stereocenters. The van der Waals surface area contributed by atoms with Gasteiger partial charge in [0.15, 0.2) is 0 Å². The lowest BCUT2D eigenvalue weighted by molar-refractivity contribution is 0.650. The van der Waals surface area contributed by atoms with Gasteiger partial charge >= 0.3 is 0 Å². The summed E-state index contributed by atoms with van der Waals surface area (Å²) >= 11 is 0. The molecule has 17 heavy (non-hydrogen) atoms. The van der Waals surface area contributed by atoms with Crippen molar-refractivity contribution in [1.82, 2.24) is 9.55 Å². The summed E-state index contributed by atoms with van der Waals surface area (Å²) in [7, 11) is 0. The Hall–Kier alpha value is -1.25. The summed E-state index contributed by atoms with van der Waals surface area (Å²) in [4.78, 5) is 4.80. The van der Waals surface area contributed by atoms with Crippen molar-refractivity contribution in [3.63, 3.8) is 0 Å². The summed E-state index contributed by atoms with van der Waals surface area (Å²) in [6.07, 6.45) is 6.75. The smallest absolute Gasteiger partial charge is 0.127 e. The third-order valence-corrected chi connectivity index (χ3v) is 3.51. The molecule has 3 nitrogen and oxygen atoms in total. The van der Waals surface area contributed by atoms with Crippen molar-refractivity contribution in [3.8, 4) is 0 Å². The van der Waals surface area contributed by atoms with Gasteiger partial charge in [-0.1, -0.05) is 26.3 Å². The summed E-state index contributed by atoms with van der Waals surface area (Å²) in [5.74, 6) is 3.14. The molecule has 0 radical (unpaired) electrons. The Balaban J connectivity index is 2.32.